The lowest BCUT2D eigenvalue weighted by atomic mass is 10.0. The molecule has 1 aliphatic carbocycles. The van der Waals surface area contributed by atoms with Crippen molar-refractivity contribution in [1.82, 2.24) is 5.32 Å². The molecule has 1 saturated carbocycles. The summed E-state index contributed by atoms with van der Waals surface area (Å²) in [5, 5.41) is 3.40. The number of nitrogens with one attached hydrogen (secondary N) is 1. The highest BCUT2D eigenvalue weighted by atomic mass is 16.5. The number of methoxy groups -OCH3 is 1. The Morgan fingerprint density at radius 3 is 2.72 bits per heavy atom. The molecule has 0 radical (unpaired) electrons. The lowest BCUT2D eigenvalue weighted by molar-refractivity contribution is -0.144. The summed E-state index contributed by atoms with van der Waals surface area (Å²) in [7, 11) is 1.46. The van der Waals surface area contributed by atoms with Crippen molar-refractivity contribution in [3.63, 3.8) is 0 Å². The van der Waals surface area contributed by atoms with E-state index in [2.05, 4.69) is 37.4 Å². The number of hydrogen-bond donors (Lipinski definition) is 1. The van der Waals surface area contributed by atoms with Crippen LogP contribution in [0.2, 0.25) is 0 Å². The van der Waals surface area contributed by atoms with Crippen molar-refractivity contribution >= 4 is 5.97 Å². The molecule has 3 nitrogen and oxygen atoms in total. The number of aryl methyl sites for hydroxylation is 1. The monoisotopic (exact) mass is 247 g/mol. The van der Waals surface area contributed by atoms with E-state index in [4.69, 9.17) is 4.74 Å². The first kappa shape index (κ1) is 13.1. The first-order valence-corrected chi connectivity index (χ1v) is 6.52. The van der Waals surface area contributed by atoms with Crippen LogP contribution in [0.4, 0.5) is 0 Å². The second-order valence-corrected chi connectivity index (χ2v) is 5.14. The van der Waals surface area contributed by atoms with Crippen LogP contribution in [-0.2, 0) is 9.53 Å². The van der Waals surface area contributed by atoms with Crippen LogP contribution in [0.15, 0.2) is 24.3 Å². The average molecular weight is 247 g/mol. The van der Waals surface area contributed by atoms with Crippen LogP contribution in [0.5, 0.6) is 0 Å². The van der Waals surface area contributed by atoms with Gasteiger partial charge in [-0.15, -0.1) is 0 Å². The fraction of sp³-hybridized carbons (Fsp3) is 0.533. The Bertz CT molecular complexity index is 426. The Kier molecular flexibility index (Phi) is 4.02. The van der Waals surface area contributed by atoms with Crippen LogP contribution in [0.25, 0.3) is 0 Å². The van der Waals surface area contributed by atoms with Gasteiger partial charge in [0, 0.05) is 6.04 Å². The second-order valence-electron chi connectivity index (χ2n) is 5.14. The normalized spacial score (nSPS) is 18.2. The molecule has 0 spiro atoms. The SMILES string of the molecule is COC(=O)C(N[C@@H](C)c1cccc(C)c1)C1CC1. The highest BCUT2D eigenvalue weighted by molar-refractivity contribution is 5.76. The Morgan fingerprint density at radius 1 is 1.44 bits per heavy atom. The summed E-state index contributed by atoms with van der Waals surface area (Å²) >= 11 is 0. The van der Waals surface area contributed by atoms with Gasteiger partial charge >= 0.3 is 5.97 Å². The zero-order valence-corrected chi connectivity index (χ0v) is 11.3. The molecule has 2 atom stereocenters. The fourth-order valence-electron chi connectivity index (χ4n) is 2.26. The zero-order chi connectivity index (χ0) is 13.1. The first-order chi connectivity index (χ1) is 8.61. The molecule has 18 heavy (non-hydrogen) atoms. The summed E-state index contributed by atoms with van der Waals surface area (Å²) in [5.41, 5.74) is 2.45. The van der Waals surface area contributed by atoms with Crippen molar-refractivity contribution in [2.75, 3.05) is 7.11 Å². The van der Waals surface area contributed by atoms with Gasteiger partial charge in [0.25, 0.3) is 0 Å². The topological polar surface area (TPSA) is 38.3 Å². The number of hydrogen-bond acceptors (Lipinski definition) is 3. The van der Waals surface area contributed by atoms with E-state index in [1.54, 1.807) is 0 Å². The zero-order valence-electron chi connectivity index (χ0n) is 11.3. The minimum Gasteiger partial charge on any atom is -0.468 e. The van der Waals surface area contributed by atoms with Gasteiger partial charge in [0.2, 0.25) is 0 Å². The molecule has 1 aliphatic rings. The maximum atomic E-state index is 11.7. The van der Waals surface area contributed by atoms with Crippen LogP contribution in [0.1, 0.15) is 36.9 Å². The molecule has 1 N–H and O–H groups in total. The van der Waals surface area contributed by atoms with Gasteiger partial charge in [0.05, 0.1) is 7.11 Å². The minimum atomic E-state index is -0.162. The molecule has 0 aromatic heterocycles. The summed E-state index contributed by atoms with van der Waals surface area (Å²) in [6, 6.07) is 8.37. The Morgan fingerprint density at radius 2 is 2.17 bits per heavy atom. The van der Waals surface area contributed by atoms with Crippen molar-refractivity contribution in [2.45, 2.75) is 38.8 Å². The van der Waals surface area contributed by atoms with E-state index in [9.17, 15) is 4.79 Å². The number of rotatable bonds is 5. The molecule has 0 amide bonds. The molecule has 0 bridgehead atoms. The average Bonchev–Trinajstić information content (AvgIpc) is 3.19. The smallest absolute Gasteiger partial charge is 0.323 e. The van der Waals surface area contributed by atoms with Gasteiger partial charge in [0.1, 0.15) is 6.04 Å². The molecule has 3 heteroatoms. The molecule has 1 aromatic carbocycles. The third-order valence-electron chi connectivity index (χ3n) is 3.52. The predicted molar refractivity (Wildman–Crippen MR) is 71.3 cm³/mol. The third kappa shape index (κ3) is 3.10. The Labute approximate surface area is 109 Å². The van der Waals surface area contributed by atoms with E-state index in [1.165, 1.54) is 18.2 Å². The van der Waals surface area contributed by atoms with Crippen LogP contribution < -0.4 is 5.32 Å². The van der Waals surface area contributed by atoms with Gasteiger partial charge in [-0.1, -0.05) is 29.8 Å². The Balaban J connectivity index is 2.04. The van der Waals surface area contributed by atoms with Gasteiger partial charge in [0.15, 0.2) is 0 Å². The summed E-state index contributed by atoms with van der Waals surface area (Å²) in [5.74, 6) is 0.307. The van der Waals surface area contributed by atoms with Crippen molar-refractivity contribution in [3.05, 3.63) is 35.4 Å². The molecular weight excluding hydrogens is 226 g/mol. The van der Waals surface area contributed by atoms with E-state index in [0.29, 0.717) is 5.92 Å². The number of carbonyl (C=O) groups excluding carboxylic acids is 1. The predicted octanol–water partition coefficient (Wildman–Crippen LogP) is 2.60. The van der Waals surface area contributed by atoms with Crippen LogP contribution in [-0.4, -0.2) is 19.1 Å². The van der Waals surface area contributed by atoms with Gasteiger partial charge in [-0.2, -0.15) is 0 Å². The van der Waals surface area contributed by atoms with Gasteiger partial charge in [-0.25, -0.2) is 0 Å². The van der Waals surface area contributed by atoms with Crippen LogP contribution in [0.3, 0.4) is 0 Å². The van der Waals surface area contributed by atoms with Crippen molar-refractivity contribution in [3.8, 4) is 0 Å². The minimum absolute atomic E-state index is 0.142. The molecule has 0 heterocycles. The van der Waals surface area contributed by atoms with Crippen molar-refractivity contribution in [1.29, 1.82) is 0 Å². The lowest BCUT2D eigenvalue weighted by Gasteiger charge is -2.21. The van der Waals surface area contributed by atoms with E-state index in [-0.39, 0.29) is 18.1 Å². The summed E-state index contributed by atoms with van der Waals surface area (Å²) in [6.45, 7) is 4.17. The van der Waals surface area contributed by atoms with Crippen LogP contribution >= 0.6 is 0 Å². The molecule has 0 aliphatic heterocycles. The van der Waals surface area contributed by atoms with E-state index in [0.717, 1.165) is 12.8 Å². The molecule has 1 fully saturated rings. The fourth-order valence-corrected chi connectivity index (χ4v) is 2.26. The van der Waals surface area contributed by atoms with Gasteiger partial charge in [-0.3, -0.25) is 10.1 Å². The standard InChI is InChI=1S/C15H21NO2/c1-10-5-4-6-13(9-10)11(2)16-14(12-7-8-12)15(17)18-3/h4-6,9,11-12,14,16H,7-8H2,1-3H3/t11-,14?/m0/s1. The quantitative estimate of drug-likeness (QED) is 0.813. The Hall–Kier alpha value is -1.35. The van der Waals surface area contributed by atoms with E-state index < -0.39 is 0 Å². The second kappa shape index (κ2) is 5.53. The molecule has 2 rings (SSSR count). The molecule has 1 aromatic rings. The van der Waals surface area contributed by atoms with Gasteiger partial charge in [-0.05, 0) is 38.2 Å². The molecular formula is C15H21NO2. The number of ether oxygens (including phenoxy) is 1. The van der Waals surface area contributed by atoms with E-state index >= 15 is 0 Å². The van der Waals surface area contributed by atoms with Crippen molar-refractivity contribution < 1.29 is 9.53 Å². The lowest BCUT2D eigenvalue weighted by Crippen LogP contribution is -2.40. The van der Waals surface area contributed by atoms with Gasteiger partial charge < -0.3 is 4.74 Å². The van der Waals surface area contributed by atoms with Crippen molar-refractivity contribution in [2.24, 2.45) is 5.92 Å². The molecule has 0 saturated heterocycles. The highest BCUT2D eigenvalue weighted by Gasteiger charge is 2.37. The maximum Gasteiger partial charge on any atom is 0.323 e. The molecule has 1 unspecified atom stereocenters. The number of benzene rings is 1. The van der Waals surface area contributed by atoms with Crippen LogP contribution in [0, 0.1) is 12.8 Å². The summed E-state index contributed by atoms with van der Waals surface area (Å²) in [6.07, 6.45) is 2.24. The first-order valence-electron chi connectivity index (χ1n) is 6.52. The van der Waals surface area contributed by atoms with E-state index in [1.807, 2.05) is 6.07 Å². The summed E-state index contributed by atoms with van der Waals surface area (Å²) in [4.78, 5) is 11.7. The largest absolute Gasteiger partial charge is 0.468 e. The number of esters is 1. The highest BCUT2D eigenvalue weighted by Crippen LogP contribution is 2.34. The number of carbonyl (C=O) groups is 1. The maximum absolute atomic E-state index is 11.7. The third-order valence-corrected chi connectivity index (χ3v) is 3.52. The summed E-state index contributed by atoms with van der Waals surface area (Å²) < 4.78 is 4.87. The molecule has 98 valence electrons.